The van der Waals surface area contributed by atoms with E-state index in [0.29, 0.717) is 28.0 Å². The molecular formula is C25H17F3N8O. The second-order valence-corrected chi connectivity index (χ2v) is 8.24. The highest BCUT2D eigenvalue weighted by atomic mass is 19.4. The number of anilines is 3. The number of aromatic nitrogens is 6. The molecule has 4 N–H and O–H groups in total. The molecule has 0 atom stereocenters. The van der Waals surface area contributed by atoms with Gasteiger partial charge in [-0.05, 0) is 42.5 Å². The number of hydrogen-bond donors (Lipinski definition) is 4. The van der Waals surface area contributed by atoms with Crippen molar-refractivity contribution in [3.05, 3.63) is 90.6 Å². The molecule has 1 amide bonds. The molecule has 0 spiro atoms. The van der Waals surface area contributed by atoms with Crippen molar-refractivity contribution in [3.8, 4) is 5.69 Å². The molecule has 0 aliphatic rings. The van der Waals surface area contributed by atoms with Crippen LogP contribution in [-0.4, -0.2) is 35.6 Å². The van der Waals surface area contributed by atoms with Crippen LogP contribution in [0.15, 0.2) is 79.5 Å². The molecule has 37 heavy (non-hydrogen) atoms. The molecule has 0 bridgehead atoms. The zero-order valence-electron chi connectivity index (χ0n) is 18.8. The lowest BCUT2D eigenvalue weighted by Crippen LogP contribution is -2.15. The van der Waals surface area contributed by atoms with Gasteiger partial charge in [0.05, 0.1) is 51.6 Å². The van der Waals surface area contributed by atoms with Crippen molar-refractivity contribution < 1.29 is 18.0 Å². The van der Waals surface area contributed by atoms with Gasteiger partial charge in [0.2, 0.25) is 5.95 Å². The summed E-state index contributed by atoms with van der Waals surface area (Å²) in [5.74, 6) is -0.290. The van der Waals surface area contributed by atoms with E-state index >= 15 is 0 Å². The van der Waals surface area contributed by atoms with Gasteiger partial charge < -0.3 is 20.2 Å². The normalized spacial score (nSPS) is 11.8. The predicted molar refractivity (Wildman–Crippen MR) is 132 cm³/mol. The number of benzene rings is 3. The lowest BCUT2D eigenvalue weighted by molar-refractivity contribution is -0.136. The molecule has 3 aromatic carbocycles. The number of rotatable bonds is 5. The molecule has 0 fully saturated rings. The van der Waals surface area contributed by atoms with E-state index in [4.69, 9.17) is 0 Å². The summed E-state index contributed by atoms with van der Waals surface area (Å²) < 4.78 is 41.9. The van der Waals surface area contributed by atoms with Gasteiger partial charge >= 0.3 is 6.18 Å². The monoisotopic (exact) mass is 502 g/mol. The summed E-state index contributed by atoms with van der Waals surface area (Å²) in [5.41, 5.74) is 2.09. The highest BCUT2D eigenvalue weighted by Gasteiger charge is 2.33. The molecular weight excluding hydrogens is 485 g/mol. The minimum atomic E-state index is -4.53. The first kappa shape index (κ1) is 22.3. The third kappa shape index (κ3) is 4.24. The van der Waals surface area contributed by atoms with Crippen LogP contribution < -0.4 is 10.6 Å². The fourth-order valence-electron chi connectivity index (χ4n) is 4.08. The molecule has 0 aliphatic carbocycles. The van der Waals surface area contributed by atoms with Crippen molar-refractivity contribution in [2.75, 3.05) is 10.6 Å². The van der Waals surface area contributed by atoms with E-state index in [-0.39, 0.29) is 11.6 Å². The quantitative estimate of drug-likeness (QED) is 0.244. The number of imidazole rings is 2. The summed E-state index contributed by atoms with van der Waals surface area (Å²) >= 11 is 0. The van der Waals surface area contributed by atoms with Gasteiger partial charge in [0.15, 0.2) is 0 Å². The number of carbonyl (C=O) groups excluding carboxylic acids is 1. The Kier molecular flexibility index (Phi) is 5.14. The van der Waals surface area contributed by atoms with E-state index in [1.807, 2.05) is 6.07 Å². The minimum absolute atomic E-state index is 0.102. The van der Waals surface area contributed by atoms with Crippen LogP contribution in [0, 0.1) is 0 Å². The van der Waals surface area contributed by atoms with Crippen LogP contribution in [0.25, 0.3) is 27.6 Å². The lowest BCUT2D eigenvalue weighted by atomic mass is 10.1. The maximum atomic E-state index is 13.4. The van der Waals surface area contributed by atoms with Gasteiger partial charge in [0.1, 0.15) is 0 Å². The van der Waals surface area contributed by atoms with Crippen molar-refractivity contribution in [3.63, 3.8) is 0 Å². The Bertz CT molecular complexity index is 1750. The third-order valence-electron chi connectivity index (χ3n) is 5.81. The molecule has 12 heteroatoms. The second-order valence-electron chi connectivity index (χ2n) is 8.24. The Morgan fingerprint density at radius 2 is 1.89 bits per heavy atom. The number of nitrogens with zero attached hydrogens (tertiary/aromatic N) is 4. The van der Waals surface area contributed by atoms with Crippen molar-refractivity contribution in [1.82, 2.24) is 29.7 Å². The van der Waals surface area contributed by atoms with Gasteiger partial charge in [-0.1, -0.05) is 12.1 Å². The number of H-pyrrole nitrogens is 2. The molecule has 0 aliphatic heterocycles. The maximum Gasteiger partial charge on any atom is 0.418 e. The molecule has 0 saturated heterocycles. The number of halogens is 3. The van der Waals surface area contributed by atoms with E-state index in [9.17, 15) is 18.0 Å². The largest absolute Gasteiger partial charge is 0.418 e. The van der Waals surface area contributed by atoms with Crippen LogP contribution >= 0.6 is 0 Å². The number of aromatic amines is 2. The summed E-state index contributed by atoms with van der Waals surface area (Å²) in [4.78, 5) is 24.8. The van der Waals surface area contributed by atoms with Gasteiger partial charge in [-0.15, -0.1) is 0 Å². The maximum absolute atomic E-state index is 13.4. The van der Waals surface area contributed by atoms with Gasteiger partial charge in [-0.3, -0.25) is 9.89 Å². The Morgan fingerprint density at radius 3 is 2.70 bits per heavy atom. The molecule has 6 aromatic rings. The van der Waals surface area contributed by atoms with E-state index < -0.39 is 17.6 Å². The first-order chi connectivity index (χ1) is 17.8. The molecule has 9 nitrogen and oxygen atoms in total. The average Bonchev–Trinajstić information content (AvgIpc) is 3.63. The van der Waals surface area contributed by atoms with Crippen LogP contribution in [-0.2, 0) is 6.18 Å². The van der Waals surface area contributed by atoms with Crippen molar-refractivity contribution in [1.29, 1.82) is 0 Å². The van der Waals surface area contributed by atoms with Crippen LogP contribution in [0.2, 0.25) is 0 Å². The molecule has 0 radical (unpaired) electrons. The van der Waals surface area contributed by atoms with Gasteiger partial charge in [-0.2, -0.15) is 18.3 Å². The number of fused-ring (bicyclic) bond motifs is 2. The highest BCUT2D eigenvalue weighted by molar-refractivity contribution is 6.09. The molecule has 0 unspecified atom stereocenters. The number of nitrogens with one attached hydrogen (secondary N) is 4. The summed E-state index contributed by atoms with van der Waals surface area (Å²) in [6.07, 6.45) is 1.95. The summed E-state index contributed by atoms with van der Waals surface area (Å²) in [6, 6.07) is 13.8. The zero-order chi connectivity index (χ0) is 25.6. The third-order valence-corrected chi connectivity index (χ3v) is 5.81. The molecule has 184 valence electrons. The topological polar surface area (TPSA) is 116 Å². The number of alkyl halides is 3. The summed E-state index contributed by atoms with van der Waals surface area (Å²) in [7, 11) is 0. The van der Waals surface area contributed by atoms with E-state index in [1.54, 1.807) is 53.8 Å². The van der Waals surface area contributed by atoms with Crippen LogP contribution in [0.4, 0.5) is 30.5 Å². The first-order valence-electron chi connectivity index (χ1n) is 11.0. The summed E-state index contributed by atoms with van der Waals surface area (Å²) in [5, 5.41) is 13.3. The average molecular weight is 502 g/mol. The van der Waals surface area contributed by atoms with E-state index in [1.165, 1.54) is 18.2 Å². The Labute approximate surface area is 206 Å². The lowest BCUT2D eigenvalue weighted by Gasteiger charge is -2.12. The Hall–Kier alpha value is -5.13. The smallest absolute Gasteiger partial charge is 0.325 e. The standard InChI is InChI=1S/C25H17F3N8O/c26-25(27,28)17-3-1-2-4-18(17)32-24-33-20-10-16(22(11-21(20)34-24)36-8-7-29-13-36)23(37)31-15-6-5-14-12-30-35-19(14)9-15/h1-13H,(H,30,35)(H,31,37)(H2,32,33,34). The Morgan fingerprint density at radius 1 is 1.03 bits per heavy atom. The number of amides is 1. The SMILES string of the molecule is O=C(Nc1ccc2cn[nH]c2c1)c1cc2[nH]c(Nc3ccccc3C(F)(F)F)nc2cc1-n1ccnc1. The number of para-hydroxylation sites is 1. The van der Waals surface area contributed by atoms with Crippen molar-refractivity contribution in [2.24, 2.45) is 0 Å². The molecule has 3 heterocycles. The van der Waals surface area contributed by atoms with Gasteiger partial charge in [-0.25, -0.2) is 9.97 Å². The molecule has 0 saturated carbocycles. The van der Waals surface area contributed by atoms with Gasteiger partial charge in [0, 0.05) is 23.5 Å². The zero-order valence-corrected chi connectivity index (χ0v) is 18.8. The fraction of sp³-hybridized carbons (Fsp3) is 0.0400. The van der Waals surface area contributed by atoms with E-state index in [2.05, 4.69) is 35.8 Å². The number of carbonyl (C=O) groups is 1. The number of hydrogen-bond acceptors (Lipinski definition) is 5. The Balaban J connectivity index is 1.38. The van der Waals surface area contributed by atoms with Crippen molar-refractivity contribution >= 4 is 45.2 Å². The summed E-state index contributed by atoms with van der Waals surface area (Å²) in [6.45, 7) is 0. The van der Waals surface area contributed by atoms with Crippen LogP contribution in [0.3, 0.4) is 0 Å². The van der Waals surface area contributed by atoms with Gasteiger partial charge in [0.25, 0.3) is 5.91 Å². The highest BCUT2D eigenvalue weighted by Crippen LogP contribution is 2.36. The predicted octanol–water partition coefficient (Wildman–Crippen LogP) is 5.64. The molecule has 6 rings (SSSR count). The fourth-order valence-corrected chi connectivity index (χ4v) is 4.08. The van der Waals surface area contributed by atoms with E-state index in [0.717, 1.165) is 17.0 Å². The van der Waals surface area contributed by atoms with Crippen LogP contribution in [0.1, 0.15) is 15.9 Å². The molecule has 3 aromatic heterocycles. The van der Waals surface area contributed by atoms with Crippen LogP contribution in [0.5, 0.6) is 0 Å². The second kappa shape index (κ2) is 8.52. The minimum Gasteiger partial charge on any atom is -0.325 e. The first-order valence-corrected chi connectivity index (χ1v) is 11.0. The van der Waals surface area contributed by atoms with Crippen molar-refractivity contribution in [2.45, 2.75) is 6.18 Å².